The number of hydrogen-bond acceptors (Lipinski definition) is 5. The maximum atomic E-state index is 12.7. The van der Waals surface area contributed by atoms with Gasteiger partial charge in [0.25, 0.3) is 0 Å². The Morgan fingerprint density at radius 2 is 2.16 bits per heavy atom. The Balaban J connectivity index is 2.19. The maximum absolute atomic E-state index is 12.7. The summed E-state index contributed by atoms with van der Waals surface area (Å²) in [6, 6.07) is 5.29. The van der Waals surface area contributed by atoms with Gasteiger partial charge in [0.15, 0.2) is 0 Å². The summed E-state index contributed by atoms with van der Waals surface area (Å²) in [6.07, 6.45) is -2.93. The number of hydrogen-bond donors (Lipinski definition) is 2. The number of hydrazine groups is 1. The molecule has 0 aliphatic rings. The zero-order chi connectivity index (χ0) is 13.9. The highest BCUT2D eigenvalue weighted by Gasteiger charge is 2.31. The fourth-order valence-corrected chi connectivity index (χ4v) is 2.18. The molecule has 8 heteroatoms. The first-order valence-electron chi connectivity index (χ1n) is 5.20. The number of nitrogens with two attached hydrogens (primary N) is 1. The number of thioether (sulfide) groups is 1. The third-order valence-electron chi connectivity index (χ3n) is 2.22. The Kier molecular flexibility index (Phi) is 4.01. The first-order chi connectivity index (χ1) is 8.99. The van der Waals surface area contributed by atoms with Gasteiger partial charge in [0, 0.05) is 0 Å². The van der Waals surface area contributed by atoms with E-state index in [2.05, 4.69) is 10.4 Å². The lowest BCUT2D eigenvalue weighted by atomic mass is 10.2. The number of furan rings is 1. The van der Waals surface area contributed by atoms with Crippen LogP contribution in [0.1, 0.15) is 11.3 Å². The second-order valence-corrected chi connectivity index (χ2v) is 4.59. The number of pyridine rings is 1. The highest BCUT2D eigenvalue weighted by atomic mass is 32.2. The minimum absolute atomic E-state index is 0.0308. The second kappa shape index (κ2) is 5.54. The van der Waals surface area contributed by atoms with Crippen LogP contribution in [0.4, 0.5) is 19.0 Å². The SMILES string of the molecule is NNc1cc(C(F)(F)F)cc(SCc2ccco2)n1. The molecule has 0 atom stereocenters. The third kappa shape index (κ3) is 3.65. The van der Waals surface area contributed by atoms with Crippen LogP contribution < -0.4 is 11.3 Å². The van der Waals surface area contributed by atoms with E-state index in [-0.39, 0.29) is 10.8 Å². The molecule has 0 aliphatic heterocycles. The highest BCUT2D eigenvalue weighted by Crippen LogP contribution is 2.33. The van der Waals surface area contributed by atoms with Crippen molar-refractivity contribution in [3.05, 3.63) is 41.9 Å². The number of nitrogens with zero attached hydrogens (tertiary/aromatic N) is 1. The molecular weight excluding hydrogens is 279 g/mol. The normalized spacial score (nSPS) is 11.6. The van der Waals surface area contributed by atoms with Gasteiger partial charge < -0.3 is 9.84 Å². The van der Waals surface area contributed by atoms with Crippen molar-refractivity contribution in [2.45, 2.75) is 17.0 Å². The molecule has 4 nitrogen and oxygen atoms in total. The zero-order valence-electron chi connectivity index (χ0n) is 9.57. The van der Waals surface area contributed by atoms with Gasteiger partial charge in [-0.25, -0.2) is 10.8 Å². The first-order valence-corrected chi connectivity index (χ1v) is 6.18. The summed E-state index contributed by atoms with van der Waals surface area (Å²) in [7, 11) is 0. The van der Waals surface area contributed by atoms with E-state index in [0.29, 0.717) is 11.5 Å². The van der Waals surface area contributed by atoms with Gasteiger partial charge in [-0.3, -0.25) is 0 Å². The lowest BCUT2D eigenvalue weighted by Crippen LogP contribution is -2.12. The van der Waals surface area contributed by atoms with Crippen molar-refractivity contribution in [1.82, 2.24) is 4.98 Å². The summed E-state index contributed by atoms with van der Waals surface area (Å²) in [5.41, 5.74) is 1.33. The van der Waals surface area contributed by atoms with Crippen LogP contribution >= 0.6 is 11.8 Å². The molecule has 2 aromatic heterocycles. The van der Waals surface area contributed by atoms with Gasteiger partial charge in [0.1, 0.15) is 11.6 Å². The average molecular weight is 289 g/mol. The molecule has 0 bridgehead atoms. The summed E-state index contributed by atoms with van der Waals surface area (Å²) in [5.74, 6) is 6.14. The summed E-state index contributed by atoms with van der Waals surface area (Å²) in [6.45, 7) is 0. The molecule has 2 rings (SSSR count). The molecule has 0 saturated carbocycles. The quantitative estimate of drug-likeness (QED) is 0.514. The summed E-state index contributed by atoms with van der Waals surface area (Å²) in [5, 5.41) is 0.221. The Morgan fingerprint density at radius 3 is 2.74 bits per heavy atom. The molecule has 102 valence electrons. The molecular formula is C11H10F3N3OS. The fraction of sp³-hybridized carbons (Fsp3) is 0.182. The lowest BCUT2D eigenvalue weighted by Gasteiger charge is -2.10. The number of aromatic nitrogens is 1. The van der Waals surface area contributed by atoms with E-state index in [9.17, 15) is 13.2 Å². The van der Waals surface area contributed by atoms with E-state index < -0.39 is 11.7 Å². The molecule has 3 N–H and O–H groups in total. The van der Waals surface area contributed by atoms with Crippen LogP contribution in [-0.2, 0) is 11.9 Å². The Bertz CT molecular complexity index is 543. The van der Waals surface area contributed by atoms with Gasteiger partial charge in [0.05, 0.1) is 22.6 Å². The minimum atomic E-state index is -4.44. The van der Waals surface area contributed by atoms with E-state index >= 15 is 0 Å². The van der Waals surface area contributed by atoms with E-state index in [1.807, 2.05) is 0 Å². The van der Waals surface area contributed by atoms with Crippen molar-refractivity contribution in [3.63, 3.8) is 0 Å². The maximum Gasteiger partial charge on any atom is 0.416 e. The molecule has 0 amide bonds. The predicted molar refractivity (Wildman–Crippen MR) is 65.3 cm³/mol. The van der Waals surface area contributed by atoms with Crippen LogP contribution in [0.2, 0.25) is 0 Å². The van der Waals surface area contributed by atoms with Crippen LogP contribution in [0.5, 0.6) is 0 Å². The predicted octanol–water partition coefficient (Wildman–Crippen LogP) is 3.27. The van der Waals surface area contributed by atoms with E-state index in [1.165, 1.54) is 6.26 Å². The number of halogens is 3. The number of nitrogen functional groups attached to an aromatic ring is 1. The molecule has 19 heavy (non-hydrogen) atoms. The zero-order valence-corrected chi connectivity index (χ0v) is 10.4. The monoisotopic (exact) mass is 289 g/mol. The van der Waals surface area contributed by atoms with Crippen LogP contribution in [0.3, 0.4) is 0 Å². The topological polar surface area (TPSA) is 64.1 Å². The van der Waals surface area contributed by atoms with Gasteiger partial charge in [-0.1, -0.05) is 11.8 Å². The molecule has 0 aromatic carbocycles. The third-order valence-corrected chi connectivity index (χ3v) is 3.15. The first kappa shape index (κ1) is 13.8. The average Bonchev–Trinajstić information content (AvgIpc) is 2.88. The molecule has 0 spiro atoms. The molecule has 0 aliphatic carbocycles. The number of alkyl halides is 3. The van der Waals surface area contributed by atoms with Crippen LogP contribution in [-0.4, -0.2) is 4.98 Å². The van der Waals surface area contributed by atoms with Crippen molar-refractivity contribution in [3.8, 4) is 0 Å². The minimum Gasteiger partial charge on any atom is -0.468 e. The highest BCUT2D eigenvalue weighted by molar-refractivity contribution is 7.98. The fourth-order valence-electron chi connectivity index (χ4n) is 1.36. The Morgan fingerprint density at radius 1 is 1.37 bits per heavy atom. The second-order valence-electron chi connectivity index (χ2n) is 3.59. The number of rotatable bonds is 4. The Labute approximate surface area is 111 Å². The van der Waals surface area contributed by atoms with E-state index in [1.54, 1.807) is 12.1 Å². The van der Waals surface area contributed by atoms with Crippen molar-refractivity contribution in [1.29, 1.82) is 0 Å². The van der Waals surface area contributed by atoms with Crippen LogP contribution in [0, 0.1) is 0 Å². The molecule has 0 radical (unpaired) electrons. The Hall–Kier alpha value is -1.67. The molecule has 2 heterocycles. The van der Waals surface area contributed by atoms with Gasteiger partial charge in [0.2, 0.25) is 0 Å². The smallest absolute Gasteiger partial charge is 0.416 e. The van der Waals surface area contributed by atoms with Crippen LogP contribution in [0.15, 0.2) is 40.0 Å². The largest absolute Gasteiger partial charge is 0.468 e. The molecule has 0 fully saturated rings. The standard InChI is InChI=1S/C11H10F3N3OS/c12-11(13,14)7-4-9(17-15)16-10(5-7)19-6-8-2-1-3-18-8/h1-5H,6,15H2,(H,16,17). The van der Waals surface area contributed by atoms with Crippen molar-refractivity contribution >= 4 is 17.6 Å². The van der Waals surface area contributed by atoms with Crippen molar-refractivity contribution in [2.75, 3.05) is 5.43 Å². The number of nitrogens with one attached hydrogen (secondary N) is 1. The summed E-state index contributed by atoms with van der Waals surface area (Å²) in [4.78, 5) is 3.95. The number of anilines is 1. The summed E-state index contributed by atoms with van der Waals surface area (Å²) < 4.78 is 43.1. The van der Waals surface area contributed by atoms with Gasteiger partial charge >= 0.3 is 6.18 Å². The molecule has 0 unspecified atom stereocenters. The van der Waals surface area contributed by atoms with Gasteiger partial charge in [-0.05, 0) is 24.3 Å². The summed E-state index contributed by atoms with van der Waals surface area (Å²) >= 11 is 1.14. The van der Waals surface area contributed by atoms with Gasteiger partial charge in [-0.15, -0.1) is 0 Å². The van der Waals surface area contributed by atoms with Gasteiger partial charge in [-0.2, -0.15) is 13.2 Å². The van der Waals surface area contributed by atoms with E-state index in [4.69, 9.17) is 10.3 Å². The lowest BCUT2D eigenvalue weighted by molar-refractivity contribution is -0.137. The van der Waals surface area contributed by atoms with Crippen LogP contribution in [0.25, 0.3) is 0 Å². The molecule has 0 saturated heterocycles. The van der Waals surface area contributed by atoms with Crippen molar-refractivity contribution in [2.24, 2.45) is 5.84 Å². The molecule has 2 aromatic rings. The van der Waals surface area contributed by atoms with E-state index in [0.717, 1.165) is 23.9 Å². The van der Waals surface area contributed by atoms with Crippen molar-refractivity contribution < 1.29 is 17.6 Å².